The van der Waals surface area contributed by atoms with Crippen molar-refractivity contribution in [2.75, 3.05) is 6.54 Å². The SMILES string of the molecule is C[C@]12C(=O)N(CCCCC(=O)O)C(=O)[C@H]1[C@@H]1CC[C@H]2O1. The lowest BCUT2D eigenvalue weighted by atomic mass is 9.69. The number of unbranched alkanes of at least 4 members (excludes halogenated alkanes) is 1. The Morgan fingerprint density at radius 2 is 2.15 bits per heavy atom. The number of hydrogen-bond donors (Lipinski definition) is 1. The number of imide groups is 1. The summed E-state index contributed by atoms with van der Waals surface area (Å²) in [7, 11) is 0. The predicted molar refractivity (Wildman–Crippen MR) is 67.7 cm³/mol. The molecule has 0 aromatic carbocycles. The third kappa shape index (κ3) is 1.70. The van der Waals surface area contributed by atoms with Crippen LogP contribution in [0.25, 0.3) is 0 Å². The van der Waals surface area contributed by atoms with Gasteiger partial charge in [0, 0.05) is 13.0 Å². The summed E-state index contributed by atoms with van der Waals surface area (Å²) in [5, 5.41) is 8.60. The van der Waals surface area contributed by atoms with E-state index >= 15 is 0 Å². The lowest BCUT2D eigenvalue weighted by molar-refractivity contribution is -0.144. The van der Waals surface area contributed by atoms with Gasteiger partial charge in [-0.3, -0.25) is 19.3 Å². The van der Waals surface area contributed by atoms with Crippen LogP contribution in [-0.4, -0.2) is 46.5 Å². The minimum Gasteiger partial charge on any atom is -0.481 e. The van der Waals surface area contributed by atoms with E-state index in [9.17, 15) is 14.4 Å². The highest BCUT2D eigenvalue weighted by Crippen LogP contribution is 2.56. The molecule has 3 aliphatic rings. The largest absolute Gasteiger partial charge is 0.481 e. The third-order valence-corrected chi connectivity index (χ3v) is 5.00. The van der Waals surface area contributed by atoms with Crippen molar-refractivity contribution in [3.63, 3.8) is 0 Å². The van der Waals surface area contributed by atoms with E-state index in [-0.39, 0.29) is 36.4 Å². The summed E-state index contributed by atoms with van der Waals surface area (Å²) in [6, 6.07) is 0. The monoisotopic (exact) mass is 281 g/mol. The highest BCUT2D eigenvalue weighted by atomic mass is 16.5. The van der Waals surface area contributed by atoms with E-state index < -0.39 is 11.4 Å². The van der Waals surface area contributed by atoms with E-state index in [0.717, 1.165) is 12.8 Å². The zero-order valence-electron chi connectivity index (χ0n) is 11.5. The maximum Gasteiger partial charge on any atom is 0.303 e. The summed E-state index contributed by atoms with van der Waals surface area (Å²) in [4.78, 5) is 36.8. The fourth-order valence-corrected chi connectivity index (χ4v) is 3.94. The number of carbonyl (C=O) groups is 3. The Balaban J connectivity index is 1.68. The zero-order valence-corrected chi connectivity index (χ0v) is 11.5. The van der Waals surface area contributed by atoms with Gasteiger partial charge in [0.05, 0.1) is 23.5 Å². The topological polar surface area (TPSA) is 83.9 Å². The standard InChI is InChI=1S/C14H19NO5/c1-14-9-6-5-8(20-9)11(14)12(18)15(13(14)19)7-3-2-4-10(16)17/h8-9,11H,2-7H2,1H3,(H,16,17)/t8-,9+,11+,14+/m0/s1. The number of likely N-dealkylation sites (tertiary alicyclic amines) is 1. The molecule has 3 rings (SSSR count). The molecule has 1 N–H and O–H groups in total. The molecule has 3 aliphatic heterocycles. The Labute approximate surface area is 117 Å². The van der Waals surface area contributed by atoms with Gasteiger partial charge < -0.3 is 9.84 Å². The number of rotatable bonds is 5. The summed E-state index contributed by atoms with van der Waals surface area (Å²) >= 11 is 0. The number of nitrogens with zero attached hydrogens (tertiary/aromatic N) is 1. The van der Waals surface area contributed by atoms with Crippen molar-refractivity contribution in [1.29, 1.82) is 0 Å². The average molecular weight is 281 g/mol. The van der Waals surface area contributed by atoms with Gasteiger partial charge in [-0.1, -0.05) is 0 Å². The van der Waals surface area contributed by atoms with Gasteiger partial charge in [-0.05, 0) is 32.6 Å². The number of amides is 2. The van der Waals surface area contributed by atoms with E-state index in [1.54, 1.807) is 0 Å². The number of fused-ring (bicyclic) bond motifs is 5. The van der Waals surface area contributed by atoms with E-state index in [2.05, 4.69) is 0 Å². The highest BCUT2D eigenvalue weighted by molar-refractivity contribution is 6.08. The summed E-state index contributed by atoms with van der Waals surface area (Å²) in [5.74, 6) is -1.43. The van der Waals surface area contributed by atoms with Crippen molar-refractivity contribution in [3.05, 3.63) is 0 Å². The normalized spacial score (nSPS) is 38.6. The molecule has 110 valence electrons. The second kappa shape index (κ2) is 4.55. The van der Waals surface area contributed by atoms with Crippen LogP contribution in [0, 0.1) is 11.3 Å². The first kappa shape index (κ1) is 13.5. The van der Waals surface area contributed by atoms with Crippen molar-refractivity contribution in [3.8, 4) is 0 Å². The molecule has 4 atom stereocenters. The molecule has 0 aromatic rings. The molecule has 0 aromatic heterocycles. The fraction of sp³-hybridized carbons (Fsp3) is 0.786. The van der Waals surface area contributed by atoms with Crippen LogP contribution in [0.1, 0.15) is 39.0 Å². The number of carboxylic acid groups (broad SMARTS) is 1. The number of carboxylic acids is 1. The van der Waals surface area contributed by atoms with Crippen molar-refractivity contribution in [1.82, 2.24) is 4.90 Å². The van der Waals surface area contributed by atoms with E-state index in [1.165, 1.54) is 4.90 Å². The van der Waals surface area contributed by atoms with Crippen molar-refractivity contribution < 1.29 is 24.2 Å². The molecular weight excluding hydrogens is 262 g/mol. The Hall–Kier alpha value is -1.43. The van der Waals surface area contributed by atoms with Gasteiger partial charge in [0.25, 0.3) is 0 Å². The zero-order chi connectivity index (χ0) is 14.5. The van der Waals surface area contributed by atoms with Crippen molar-refractivity contribution in [2.24, 2.45) is 11.3 Å². The quantitative estimate of drug-likeness (QED) is 0.595. The Morgan fingerprint density at radius 3 is 2.80 bits per heavy atom. The van der Waals surface area contributed by atoms with Gasteiger partial charge in [0.1, 0.15) is 0 Å². The van der Waals surface area contributed by atoms with Crippen LogP contribution < -0.4 is 0 Å². The number of aliphatic carboxylic acids is 1. The summed E-state index contributed by atoms with van der Waals surface area (Å²) in [5.41, 5.74) is -0.688. The summed E-state index contributed by atoms with van der Waals surface area (Å²) in [6.45, 7) is 2.18. The van der Waals surface area contributed by atoms with Crippen LogP contribution in [-0.2, 0) is 19.1 Å². The van der Waals surface area contributed by atoms with Crippen LogP contribution in [0.4, 0.5) is 0 Å². The van der Waals surface area contributed by atoms with Crippen LogP contribution in [0.3, 0.4) is 0 Å². The van der Waals surface area contributed by atoms with E-state index in [1.807, 2.05) is 6.92 Å². The van der Waals surface area contributed by atoms with Crippen LogP contribution in [0.15, 0.2) is 0 Å². The third-order valence-electron chi connectivity index (χ3n) is 5.00. The number of ether oxygens (including phenoxy) is 1. The van der Waals surface area contributed by atoms with E-state index in [4.69, 9.17) is 9.84 Å². The lowest BCUT2D eigenvalue weighted by Crippen LogP contribution is -2.41. The van der Waals surface area contributed by atoms with Crippen LogP contribution in [0.5, 0.6) is 0 Å². The van der Waals surface area contributed by atoms with E-state index in [0.29, 0.717) is 19.4 Å². The Bertz CT molecular complexity index is 476. The minimum atomic E-state index is -0.848. The molecule has 0 saturated carbocycles. The number of hydrogen-bond acceptors (Lipinski definition) is 4. The Morgan fingerprint density at radius 1 is 1.40 bits per heavy atom. The van der Waals surface area contributed by atoms with Gasteiger partial charge in [-0.25, -0.2) is 0 Å². The minimum absolute atomic E-state index is 0.0747. The second-order valence-electron chi connectivity index (χ2n) is 6.15. The van der Waals surface area contributed by atoms with Gasteiger partial charge >= 0.3 is 5.97 Å². The van der Waals surface area contributed by atoms with Gasteiger partial charge in [0.2, 0.25) is 11.8 Å². The van der Waals surface area contributed by atoms with Gasteiger partial charge in [-0.2, -0.15) is 0 Å². The Kier molecular flexibility index (Phi) is 3.08. The van der Waals surface area contributed by atoms with Crippen LogP contribution >= 0.6 is 0 Å². The summed E-state index contributed by atoms with van der Waals surface area (Å²) in [6.07, 6.45) is 2.58. The molecule has 0 unspecified atom stereocenters. The molecule has 2 bridgehead atoms. The first-order valence-corrected chi connectivity index (χ1v) is 7.19. The van der Waals surface area contributed by atoms with Gasteiger partial charge in [0.15, 0.2) is 0 Å². The molecule has 0 radical (unpaired) electrons. The molecule has 3 saturated heterocycles. The molecule has 2 amide bonds. The molecule has 6 heteroatoms. The molecule has 6 nitrogen and oxygen atoms in total. The second-order valence-corrected chi connectivity index (χ2v) is 6.15. The maximum atomic E-state index is 12.5. The smallest absolute Gasteiger partial charge is 0.303 e. The van der Waals surface area contributed by atoms with Crippen LogP contribution in [0.2, 0.25) is 0 Å². The number of carbonyl (C=O) groups excluding carboxylic acids is 2. The van der Waals surface area contributed by atoms with Crippen molar-refractivity contribution >= 4 is 17.8 Å². The molecular formula is C14H19NO5. The predicted octanol–water partition coefficient (Wildman–Crippen LogP) is 0.794. The lowest BCUT2D eigenvalue weighted by Gasteiger charge is -2.28. The molecule has 0 aliphatic carbocycles. The van der Waals surface area contributed by atoms with Gasteiger partial charge in [-0.15, -0.1) is 0 Å². The maximum absolute atomic E-state index is 12.5. The highest BCUT2D eigenvalue weighted by Gasteiger charge is 2.69. The molecule has 3 heterocycles. The fourth-order valence-electron chi connectivity index (χ4n) is 3.94. The average Bonchev–Trinajstić information content (AvgIpc) is 3.01. The molecule has 3 fully saturated rings. The molecule has 20 heavy (non-hydrogen) atoms. The first-order chi connectivity index (χ1) is 9.46. The molecule has 0 spiro atoms. The first-order valence-electron chi connectivity index (χ1n) is 7.19. The summed E-state index contributed by atoms with van der Waals surface area (Å²) < 4.78 is 5.74. The van der Waals surface area contributed by atoms with Crippen molar-refractivity contribution in [2.45, 2.75) is 51.2 Å².